The molecule has 4 nitrogen and oxygen atoms in total. The first-order valence-electron chi connectivity index (χ1n) is 6.40. The van der Waals surface area contributed by atoms with Gasteiger partial charge in [0.15, 0.2) is 0 Å². The molecule has 2 unspecified atom stereocenters. The predicted molar refractivity (Wildman–Crippen MR) is 66.7 cm³/mol. The first kappa shape index (κ1) is 14.5. The molecular formula is C13H25NO3. The van der Waals surface area contributed by atoms with Crippen molar-refractivity contribution in [1.29, 1.82) is 0 Å². The highest BCUT2D eigenvalue weighted by molar-refractivity contribution is 5.70. The number of esters is 1. The van der Waals surface area contributed by atoms with E-state index in [0.717, 1.165) is 13.0 Å². The SMILES string of the molecule is CC1CCN(CCC(=O)OC(C)(C)C)CC1O. The first-order valence-corrected chi connectivity index (χ1v) is 6.40. The molecule has 0 saturated carbocycles. The molecule has 0 aromatic carbocycles. The summed E-state index contributed by atoms with van der Waals surface area (Å²) in [4.78, 5) is 13.7. The van der Waals surface area contributed by atoms with Crippen molar-refractivity contribution in [1.82, 2.24) is 4.90 Å². The highest BCUT2D eigenvalue weighted by Crippen LogP contribution is 2.17. The van der Waals surface area contributed by atoms with Gasteiger partial charge in [0, 0.05) is 13.1 Å². The summed E-state index contributed by atoms with van der Waals surface area (Å²) in [5.74, 6) is 0.207. The maximum absolute atomic E-state index is 11.5. The molecule has 100 valence electrons. The molecule has 0 amide bonds. The van der Waals surface area contributed by atoms with E-state index in [1.165, 1.54) is 0 Å². The van der Waals surface area contributed by atoms with E-state index in [4.69, 9.17) is 4.74 Å². The molecule has 0 aliphatic carbocycles. The third-order valence-electron chi connectivity index (χ3n) is 3.05. The van der Waals surface area contributed by atoms with Gasteiger partial charge in [-0.3, -0.25) is 4.79 Å². The monoisotopic (exact) mass is 243 g/mol. The predicted octanol–water partition coefficient (Wildman–Crippen LogP) is 1.42. The van der Waals surface area contributed by atoms with Gasteiger partial charge in [0.2, 0.25) is 0 Å². The summed E-state index contributed by atoms with van der Waals surface area (Å²) in [7, 11) is 0. The van der Waals surface area contributed by atoms with E-state index >= 15 is 0 Å². The molecule has 1 heterocycles. The topological polar surface area (TPSA) is 49.8 Å². The number of carbonyl (C=O) groups excluding carboxylic acids is 1. The fraction of sp³-hybridized carbons (Fsp3) is 0.923. The molecular weight excluding hydrogens is 218 g/mol. The number of piperidine rings is 1. The van der Waals surface area contributed by atoms with Crippen LogP contribution in [0.25, 0.3) is 0 Å². The summed E-state index contributed by atoms with van der Waals surface area (Å²) in [5, 5.41) is 9.74. The molecule has 1 fully saturated rings. The summed E-state index contributed by atoms with van der Waals surface area (Å²) in [6.07, 6.45) is 1.14. The lowest BCUT2D eigenvalue weighted by molar-refractivity contribution is -0.155. The number of aliphatic hydroxyl groups excluding tert-OH is 1. The Balaban J connectivity index is 2.25. The minimum absolute atomic E-state index is 0.161. The summed E-state index contributed by atoms with van der Waals surface area (Å²) in [6.45, 7) is 9.99. The summed E-state index contributed by atoms with van der Waals surface area (Å²) >= 11 is 0. The Bertz CT molecular complexity index is 260. The number of nitrogens with zero attached hydrogens (tertiary/aromatic N) is 1. The van der Waals surface area contributed by atoms with E-state index in [1.54, 1.807) is 0 Å². The third kappa shape index (κ3) is 5.50. The fourth-order valence-electron chi connectivity index (χ4n) is 1.96. The van der Waals surface area contributed by atoms with Crippen molar-refractivity contribution in [3.63, 3.8) is 0 Å². The fourth-order valence-corrected chi connectivity index (χ4v) is 1.96. The van der Waals surface area contributed by atoms with E-state index in [1.807, 2.05) is 20.8 Å². The van der Waals surface area contributed by atoms with Gasteiger partial charge in [-0.2, -0.15) is 0 Å². The van der Waals surface area contributed by atoms with Gasteiger partial charge < -0.3 is 14.7 Å². The number of likely N-dealkylation sites (tertiary alicyclic amines) is 1. The molecule has 1 rings (SSSR count). The normalized spacial score (nSPS) is 26.9. The Morgan fingerprint density at radius 2 is 2.12 bits per heavy atom. The molecule has 1 saturated heterocycles. The summed E-state index contributed by atoms with van der Waals surface area (Å²) in [6, 6.07) is 0. The standard InChI is InChI=1S/C13H25NO3/c1-10-5-7-14(9-11(10)15)8-6-12(16)17-13(2,3)4/h10-11,15H,5-9H2,1-4H3. The van der Waals surface area contributed by atoms with Crippen molar-refractivity contribution in [2.24, 2.45) is 5.92 Å². The zero-order valence-corrected chi connectivity index (χ0v) is 11.4. The van der Waals surface area contributed by atoms with Crippen LogP contribution in [0.2, 0.25) is 0 Å². The van der Waals surface area contributed by atoms with Crippen molar-refractivity contribution in [2.75, 3.05) is 19.6 Å². The smallest absolute Gasteiger partial charge is 0.307 e. The van der Waals surface area contributed by atoms with E-state index < -0.39 is 5.60 Å². The summed E-state index contributed by atoms with van der Waals surface area (Å²) in [5.41, 5.74) is -0.410. The van der Waals surface area contributed by atoms with Gasteiger partial charge >= 0.3 is 5.97 Å². The van der Waals surface area contributed by atoms with Crippen molar-refractivity contribution >= 4 is 5.97 Å². The van der Waals surface area contributed by atoms with Crippen molar-refractivity contribution in [2.45, 2.75) is 52.2 Å². The van der Waals surface area contributed by atoms with Crippen LogP contribution in [0.3, 0.4) is 0 Å². The third-order valence-corrected chi connectivity index (χ3v) is 3.05. The maximum Gasteiger partial charge on any atom is 0.307 e. The summed E-state index contributed by atoms with van der Waals surface area (Å²) < 4.78 is 5.25. The van der Waals surface area contributed by atoms with Gasteiger partial charge in [0.25, 0.3) is 0 Å². The van der Waals surface area contributed by atoms with Gasteiger partial charge in [-0.25, -0.2) is 0 Å². The minimum atomic E-state index is -0.410. The molecule has 1 N–H and O–H groups in total. The zero-order chi connectivity index (χ0) is 13.1. The van der Waals surface area contributed by atoms with Gasteiger partial charge in [-0.1, -0.05) is 6.92 Å². The molecule has 2 atom stereocenters. The van der Waals surface area contributed by atoms with Crippen LogP contribution in [-0.4, -0.2) is 47.3 Å². The van der Waals surface area contributed by atoms with E-state index in [9.17, 15) is 9.90 Å². The van der Waals surface area contributed by atoms with Crippen LogP contribution in [0.1, 0.15) is 40.5 Å². The first-order chi connectivity index (χ1) is 7.78. The average molecular weight is 243 g/mol. The minimum Gasteiger partial charge on any atom is -0.460 e. The van der Waals surface area contributed by atoms with Crippen molar-refractivity contribution < 1.29 is 14.6 Å². The van der Waals surface area contributed by atoms with Crippen LogP contribution in [-0.2, 0) is 9.53 Å². The Labute approximate surface area is 104 Å². The van der Waals surface area contributed by atoms with Crippen LogP contribution in [0.4, 0.5) is 0 Å². The number of β-amino-alcohol motifs (C(OH)–C–C–N with tert-alkyl or cyclic N) is 1. The molecule has 0 aromatic rings. The molecule has 1 aliphatic rings. The van der Waals surface area contributed by atoms with Crippen LogP contribution < -0.4 is 0 Å². The molecule has 1 aliphatic heterocycles. The van der Waals surface area contributed by atoms with Crippen LogP contribution in [0.15, 0.2) is 0 Å². The number of rotatable bonds is 3. The second-order valence-electron chi connectivity index (χ2n) is 5.97. The molecule has 0 radical (unpaired) electrons. The van der Waals surface area contributed by atoms with Crippen LogP contribution in [0, 0.1) is 5.92 Å². The molecule has 0 spiro atoms. The highest BCUT2D eigenvalue weighted by atomic mass is 16.6. The second kappa shape index (κ2) is 5.83. The van der Waals surface area contributed by atoms with Crippen molar-refractivity contribution in [3.05, 3.63) is 0 Å². The molecule has 4 heteroatoms. The quantitative estimate of drug-likeness (QED) is 0.762. The highest BCUT2D eigenvalue weighted by Gasteiger charge is 2.25. The number of ether oxygens (including phenoxy) is 1. The van der Waals surface area contributed by atoms with Gasteiger partial charge in [0.1, 0.15) is 5.60 Å². The Hall–Kier alpha value is -0.610. The lowest BCUT2D eigenvalue weighted by Crippen LogP contribution is -2.43. The van der Waals surface area contributed by atoms with Crippen molar-refractivity contribution in [3.8, 4) is 0 Å². The van der Waals surface area contributed by atoms with Gasteiger partial charge in [0.05, 0.1) is 12.5 Å². The molecule has 0 bridgehead atoms. The maximum atomic E-state index is 11.5. The molecule has 17 heavy (non-hydrogen) atoms. The van der Waals surface area contributed by atoms with Crippen LogP contribution >= 0.6 is 0 Å². The lowest BCUT2D eigenvalue weighted by atomic mass is 9.96. The van der Waals surface area contributed by atoms with E-state index in [-0.39, 0.29) is 12.1 Å². The Morgan fingerprint density at radius 1 is 1.47 bits per heavy atom. The van der Waals surface area contributed by atoms with Gasteiger partial charge in [-0.15, -0.1) is 0 Å². The van der Waals surface area contributed by atoms with E-state index in [2.05, 4.69) is 11.8 Å². The second-order valence-corrected chi connectivity index (χ2v) is 5.97. The number of aliphatic hydroxyl groups is 1. The number of hydrogen-bond acceptors (Lipinski definition) is 4. The zero-order valence-electron chi connectivity index (χ0n) is 11.4. The van der Waals surface area contributed by atoms with E-state index in [0.29, 0.717) is 25.4 Å². The number of hydrogen-bond donors (Lipinski definition) is 1. The average Bonchev–Trinajstić information content (AvgIpc) is 2.17. The lowest BCUT2D eigenvalue weighted by Gasteiger charge is -2.34. The number of carbonyl (C=O) groups is 1. The molecule has 0 aromatic heterocycles. The van der Waals surface area contributed by atoms with Gasteiger partial charge in [-0.05, 0) is 39.7 Å². The largest absolute Gasteiger partial charge is 0.460 e. The van der Waals surface area contributed by atoms with Crippen LogP contribution in [0.5, 0.6) is 0 Å². The Morgan fingerprint density at radius 3 is 2.65 bits per heavy atom. The Kier molecular flexibility index (Phi) is 4.95.